The maximum Gasteiger partial charge on any atom is 0.270 e. The predicted octanol–water partition coefficient (Wildman–Crippen LogP) is 2.53. The van der Waals surface area contributed by atoms with Crippen molar-refractivity contribution in [3.05, 3.63) is 47.7 Å². The average molecular weight is 335 g/mol. The van der Waals surface area contributed by atoms with Crippen LogP contribution in [0.15, 0.2) is 36.5 Å². The fourth-order valence-electron chi connectivity index (χ4n) is 3.96. The number of hydrazine groups is 1. The number of nitrogens with zero attached hydrogens (tertiary/aromatic N) is 1. The Morgan fingerprint density at radius 3 is 2.54 bits per heavy atom. The zero-order valence-electron chi connectivity index (χ0n) is 14.3. The van der Waals surface area contributed by atoms with Crippen LogP contribution < -0.4 is 10.7 Å². The van der Waals surface area contributed by atoms with E-state index in [0.29, 0.717) is 0 Å². The predicted molar refractivity (Wildman–Crippen MR) is 88.6 cm³/mol. The van der Waals surface area contributed by atoms with Gasteiger partial charge in [0, 0.05) is 30.6 Å². The zero-order valence-corrected chi connectivity index (χ0v) is 14.3. The lowest BCUT2D eigenvalue weighted by molar-refractivity contribution is -0.134. The molecule has 0 aromatic heterocycles. The summed E-state index contributed by atoms with van der Waals surface area (Å²) >= 11 is 0. The molecule has 1 aliphatic carbocycles. The largest absolute Gasteiger partial charge is 0.350 e. The van der Waals surface area contributed by atoms with Crippen molar-refractivity contribution in [1.82, 2.24) is 15.8 Å². The van der Waals surface area contributed by atoms with Gasteiger partial charge in [0.1, 0.15) is 0 Å². The molecule has 1 aromatic rings. The fraction of sp³-hybridized carbons (Fsp3) is 0.500. The van der Waals surface area contributed by atoms with Gasteiger partial charge in [-0.2, -0.15) is 0 Å². The first-order chi connectivity index (χ1) is 11.2. The topological polar surface area (TPSA) is 44.4 Å². The second-order valence-corrected chi connectivity index (χ2v) is 7.26. The molecule has 6 heteroatoms. The Bertz CT molecular complexity index is 689. The molecule has 0 saturated carbocycles. The van der Waals surface area contributed by atoms with E-state index in [1.54, 1.807) is 7.05 Å². The Morgan fingerprint density at radius 1 is 1.33 bits per heavy atom. The molecule has 4 nitrogen and oxygen atoms in total. The van der Waals surface area contributed by atoms with Crippen molar-refractivity contribution in [2.45, 2.75) is 50.1 Å². The van der Waals surface area contributed by atoms with E-state index in [9.17, 15) is 13.6 Å². The Kier molecular flexibility index (Phi) is 3.91. The molecule has 1 aliphatic heterocycles. The summed E-state index contributed by atoms with van der Waals surface area (Å²) in [7, 11) is 1.59. The normalized spacial score (nSPS) is 30.7. The summed E-state index contributed by atoms with van der Waals surface area (Å²) in [5.74, 6) is -0.645. The number of halogens is 2. The van der Waals surface area contributed by atoms with Gasteiger partial charge < -0.3 is 10.3 Å². The maximum atomic E-state index is 13.6. The van der Waals surface area contributed by atoms with Crippen molar-refractivity contribution in [1.29, 1.82) is 0 Å². The number of fused-ring (bicyclic) bond motifs is 1. The second kappa shape index (κ2) is 5.55. The molecule has 0 saturated heterocycles. The second-order valence-electron chi connectivity index (χ2n) is 7.26. The smallest absolute Gasteiger partial charge is 0.270 e. The third kappa shape index (κ3) is 2.32. The first-order valence-electron chi connectivity index (χ1n) is 8.08. The highest BCUT2D eigenvalue weighted by Gasteiger charge is 2.52. The minimum atomic E-state index is -2.85. The van der Waals surface area contributed by atoms with Crippen LogP contribution in [0.3, 0.4) is 0 Å². The standard InChI is InChI=1S/C18H23F2N3O/c1-11-12-7-5-6-8-13(12)17(2,3)14(11)21-16(24)18(15(19)20)9-10-23(4)22-18/h5-11,14-15,22H,1-4H3,(H,21,24)/t11-,14?,18?/m1/s1. The number of alkyl halides is 2. The molecular formula is C18H23F2N3O. The lowest BCUT2D eigenvalue weighted by atomic mass is 9.81. The van der Waals surface area contributed by atoms with Crippen LogP contribution in [-0.4, -0.2) is 36.0 Å². The molecule has 24 heavy (non-hydrogen) atoms. The highest BCUT2D eigenvalue weighted by atomic mass is 19.3. The van der Waals surface area contributed by atoms with Gasteiger partial charge in [-0.25, -0.2) is 14.2 Å². The summed E-state index contributed by atoms with van der Waals surface area (Å²) in [6.07, 6.45) is -0.169. The van der Waals surface area contributed by atoms with Crippen LogP contribution in [0.1, 0.15) is 37.8 Å². The third-order valence-corrected chi connectivity index (χ3v) is 5.35. The molecule has 130 valence electrons. The number of carbonyl (C=O) groups excluding carboxylic acids is 1. The van der Waals surface area contributed by atoms with E-state index in [2.05, 4.69) is 10.7 Å². The monoisotopic (exact) mass is 335 g/mol. The quantitative estimate of drug-likeness (QED) is 0.892. The van der Waals surface area contributed by atoms with Crippen molar-refractivity contribution in [3.8, 4) is 0 Å². The molecule has 0 bridgehead atoms. The van der Waals surface area contributed by atoms with Gasteiger partial charge >= 0.3 is 0 Å². The summed E-state index contributed by atoms with van der Waals surface area (Å²) < 4.78 is 27.3. The molecule has 2 N–H and O–H groups in total. The Labute approximate surface area is 140 Å². The van der Waals surface area contributed by atoms with Gasteiger partial charge in [0.15, 0.2) is 5.54 Å². The number of rotatable bonds is 3. The molecule has 1 heterocycles. The number of hydrogen-bond donors (Lipinski definition) is 2. The van der Waals surface area contributed by atoms with Crippen LogP contribution >= 0.6 is 0 Å². The molecule has 0 fully saturated rings. The molecule has 0 radical (unpaired) electrons. The van der Waals surface area contributed by atoms with E-state index in [1.807, 2.05) is 45.0 Å². The van der Waals surface area contributed by atoms with E-state index in [0.717, 1.165) is 11.1 Å². The zero-order chi connectivity index (χ0) is 17.7. The number of carbonyl (C=O) groups is 1. The summed E-state index contributed by atoms with van der Waals surface area (Å²) in [5, 5.41) is 4.27. The van der Waals surface area contributed by atoms with Gasteiger partial charge in [-0.1, -0.05) is 45.0 Å². The van der Waals surface area contributed by atoms with E-state index in [-0.39, 0.29) is 17.4 Å². The summed E-state index contributed by atoms with van der Waals surface area (Å²) in [6, 6.07) is 7.76. The molecular weight excluding hydrogens is 312 g/mol. The Morgan fingerprint density at radius 2 is 2.00 bits per heavy atom. The SMILES string of the molecule is C[C@@H]1c2ccccc2C(C)(C)C1NC(=O)C1(C(F)F)C=CN(C)N1. The van der Waals surface area contributed by atoms with Gasteiger partial charge in [0.2, 0.25) is 0 Å². The fourth-order valence-corrected chi connectivity index (χ4v) is 3.96. The molecule has 2 unspecified atom stereocenters. The maximum absolute atomic E-state index is 13.6. The minimum absolute atomic E-state index is 0.0537. The van der Waals surface area contributed by atoms with E-state index < -0.39 is 17.9 Å². The van der Waals surface area contributed by atoms with E-state index in [4.69, 9.17) is 0 Å². The molecule has 2 aliphatic rings. The Balaban J connectivity index is 1.89. The third-order valence-electron chi connectivity index (χ3n) is 5.35. The van der Waals surface area contributed by atoms with Crippen molar-refractivity contribution < 1.29 is 13.6 Å². The van der Waals surface area contributed by atoms with E-state index >= 15 is 0 Å². The molecule has 1 amide bonds. The van der Waals surface area contributed by atoms with Crippen LogP contribution in [0.25, 0.3) is 0 Å². The van der Waals surface area contributed by atoms with Crippen molar-refractivity contribution in [2.75, 3.05) is 7.05 Å². The van der Waals surface area contributed by atoms with Gasteiger partial charge in [-0.05, 0) is 17.2 Å². The summed E-state index contributed by atoms with van der Waals surface area (Å²) in [4.78, 5) is 12.8. The van der Waals surface area contributed by atoms with Crippen molar-refractivity contribution in [2.24, 2.45) is 0 Å². The lowest BCUT2D eigenvalue weighted by Gasteiger charge is -2.35. The van der Waals surface area contributed by atoms with Crippen molar-refractivity contribution >= 4 is 5.91 Å². The van der Waals surface area contributed by atoms with Gasteiger partial charge in [-0.15, -0.1) is 0 Å². The number of amides is 1. The van der Waals surface area contributed by atoms with Gasteiger partial charge in [-0.3, -0.25) is 4.79 Å². The first-order valence-corrected chi connectivity index (χ1v) is 8.08. The molecule has 3 atom stereocenters. The number of nitrogens with one attached hydrogen (secondary N) is 2. The van der Waals surface area contributed by atoms with E-state index in [1.165, 1.54) is 17.3 Å². The van der Waals surface area contributed by atoms with Crippen LogP contribution in [0.2, 0.25) is 0 Å². The highest BCUT2D eigenvalue weighted by molar-refractivity contribution is 5.90. The van der Waals surface area contributed by atoms with Gasteiger partial charge in [0.25, 0.3) is 12.3 Å². The van der Waals surface area contributed by atoms with Crippen LogP contribution in [-0.2, 0) is 10.2 Å². The van der Waals surface area contributed by atoms with Crippen LogP contribution in [0.5, 0.6) is 0 Å². The van der Waals surface area contributed by atoms with Gasteiger partial charge in [0.05, 0.1) is 0 Å². The first kappa shape index (κ1) is 16.9. The molecule has 3 rings (SSSR count). The van der Waals surface area contributed by atoms with Crippen molar-refractivity contribution in [3.63, 3.8) is 0 Å². The number of benzene rings is 1. The average Bonchev–Trinajstić information content (AvgIpc) is 3.02. The Hall–Kier alpha value is -1.95. The lowest BCUT2D eigenvalue weighted by Crippen LogP contribution is -2.63. The highest BCUT2D eigenvalue weighted by Crippen LogP contribution is 2.45. The molecule has 0 spiro atoms. The minimum Gasteiger partial charge on any atom is -0.350 e. The number of hydrogen-bond acceptors (Lipinski definition) is 3. The van der Waals surface area contributed by atoms with Crippen LogP contribution in [0, 0.1) is 0 Å². The summed E-state index contributed by atoms with van der Waals surface area (Å²) in [5.41, 5.74) is 2.53. The summed E-state index contributed by atoms with van der Waals surface area (Å²) in [6.45, 7) is 6.11. The molecule has 1 aromatic carbocycles. The van der Waals surface area contributed by atoms with Crippen LogP contribution in [0.4, 0.5) is 8.78 Å².